The largest absolute Gasteiger partial charge is 0.466 e. The van der Waals surface area contributed by atoms with Crippen molar-refractivity contribution in [1.29, 1.82) is 0 Å². The molecule has 0 aliphatic rings. The van der Waals surface area contributed by atoms with Crippen molar-refractivity contribution >= 4 is 19.2 Å². The Morgan fingerprint density at radius 3 is 2.33 bits per heavy atom. The molecule has 0 radical (unpaired) electrons. The minimum atomic E-state index is -1.84. The second-order valence-electron chi connectivity index (χ2n) is 5.74. The second kappa shape index (κ2) is 6.76. The molecule has 0 aliphatic heterocycles. The Morgan fingerprint density at radius 2 is 1.76 bits per heavy atom. The number of hydrogen-bond acceptors (Lipinski definition) is 2. The van der Waals surface area contributed by atoms with Gasteiger partial charge in [0.25, 0.3) is 0 Å². The summed E-state index contributed by atoms with van der Waals surface area (Å²) < 4.78 is 7.33. The van der Waals surface area contributed by atoms with E-state index in [-0.39, 0.29) is 11.6 Å². The minimum Gasteiger partial charge on any atom is -0.466 e. The number of hydrogen-bond donors (Lipinski definition) is 0. The van der Waals surface area contributed by atoms with Gasteiger partial charge in [-0.05, 0) is 19.1 Å². The molecule has 4 heteroatoms. The first-order valence-electron chi connectivity index (χ1n) is 7.39. The maximum absolute atomic E-state index is 12.0. The average Bonchev–Trinajstić information content (AvgIpc) is 2.99. The fourth-order valence-electron chi connectivity index (χ4n) is 2.73. The molecule has 2 aromatic rings. The number of carbonyl (C=O) groups excluding carboxylic acids is 1. The third-order valence-electron chi connectivity index (χ3n) is 4.00. The van der Waals surface area contributed by atoms with Crippen LogP contribution >= 0.6 is 0 Å². The lowest BCUT2D eigenvalue weighted by Gasteiger charge is -2.33. The number of nitrogens with zero attached hydrogens (tertiary/aromatic N) is 1. The van der Waals surface area contributed by atoms with Gasteiger partial charge in [-0.15, -0.1) is 0 Å². The number of rotatable bonds is 6. The molecule has 0 spiro atoms. The monoisotopic (exact) mass is 301 g/mol. The molecule has 0 N–H and O–H groups in total. The van der Waals surface area contributed by atoms with Crippen molar-refractivity contribution < 1.29 is 9.53 Å². The van der Waals surface area contributed by atoms with Crippen molar-refractivity contribution in [3.05, 3.63) is 54.9 Å². The Bertz CT molecular complexity index is 564. The summed E-state index contributed by atoms with van der Waals surface area (Å²) in [4.78, 5) is 12.0. The lowest BCUT2D eigenvalue weighted by Crippen LogP contribution is -2.50. The number of benzene rings is 1. The first-order chi connectivity index (χ1) is 10.1. The van der Waals surface area contributed by atoms with Crippen LogP contribution in [0.3, 0.4) is 0 Å². The van der Waals surface area contributed by atoms with Crippen molar-refractivity contribution in [3.63, 3.8) is 0 Å². The molecule has 0 aliphatic carbocycles. The number of aromatic nitrogens is 1. The molecule has 1 atom stereocenters. The molecule has 1 unspecified atom stereocenters. The number of ether oxygens (including phenoxy) is 1. The predicted octanol–water partition coefficient (Wildman–Crippen LogP) is 3.14. The Hall–Kier alpha value is -1.81. The molecular weight excluding hydrogens is 278 g/mol. The highest BCUT2D eigenvalue weighted by Gasteiger charge is 2.36. The predicted molar refractivity (Wildman–Crippen MR) is 88.3 cm³/mol. The van der Waals surface area contributed by atoms with Crippen molar-refractivity contribution in [2.45, 2.75) is 32.1 Å². The van der Waals surface area contributed by atoms with Crippen LogP contribution < -0.4 is 5.19 Å². The average molecular weight is 301 g/mol. The van der Waals surface area contributed by atoms with Gasteiger partial charge in [-0.2, -0.15) is 0 Å². The van der Waals surface area contributed by atoms with Crippen LogP contribution in [-0.2, 0) is 9.53 Å². The van der Waals surface area contributed by atoms with Gasteiger partial charge in [0.1, 0.15) is 8.07 Å². The molecular formula is C17H23NO2Si. The fourth-order valence-corrected chi connectivity index (χ4v) is 5.76. The maximum Gasteiger partial charge on any atom is 0.307 e. The zero-order chi connectivity index (χ0) is 15.3. The topological polar surface area (TPSA) is 31.2 Å². The van der Waals surface area contributed by atoms with Gasteiger partial charge in [0, 0.05) is 18.1 Å². The van der Waals surface area contributed by atoms with Crippen LogP contribution in [0.1, 0.15) is 19.0 Å². The highest BCUT2D eigenvalue weighted by molar-refractivity contribution is 6.90. The van der Waals surface area contributed by atoms with E-state index in [4.69, 9.17) is 4.74 Å². The molecule has 0 amide bonds. The summed E-state index contributed by atoms with van der Waals surface area (Å²) >= 11 is 0. The van der Waals surface area contributed by atoms with E-state index in [1.54, 1.807) is 0 Å². The minimum absolute atomic E-state index is 0.118. The van der Waals surface area contributed by atoms with E-state index in [1.807, 2.05) is 37.5 Å². The molecule has 0 saturated heterocycles. The molecule has 2 rings (SSSR count). The van der Waals surface area contributed by atoms with Crippen LogP contribution in [-0.4, -0.2) is 25.2 Å². The van der Waals surface area contributed by atoms with Crippen molar-refractivity contribution in [3.8, 4) is 0 Å². The van der Waals surface area contributed by atoms with E-state index in [0.717, 1.165) is 0 Å². The number of carbonyl (C=O) groups is 1. The SMILES string of the molecule is CCOC(=O)CC(n1cccc1)[Si](C)(C)c1ccccc1. The van der Waals surface area contributed by atoms with Crippen LogP contribution in [0.2, 0.25) is 13.1 Å². The van der Waals surface area contributed by atoms with Gasteiger partial charge in [-0.1, -0.05) is 48.6 Å². The first-order valence-corrected chi connectivity index (χ1v) is 10.5. The Kier molecular flexibility index (Phi) is 5.01. The fraction of sp³-hybridized carbons (Fsp3) is 0.353. The van der Waals surface area contributed by atoms with Crippen LogP contribution in [0.25, 0.3) is 0 Å². The normalized spacial score (nSPS) is 12.9. The van der Waals surface area contributed by atoms with Gasteiger partial charge in [0.05, 0.1) is 13.0 Å². The van der Waals surface area contributed by atoms with Gasteiger partial charge in [0.2, 0.25) is 0 Å². The van der Waals surface area contributed by atoms with Gasteiger partial charge in [-0.25, -0.2) is 0 Å². The van der Waals surface area contributed by atoms with E-state index >= 15 is 0 Å². The summed E-state index contributed by atoms with van der Waals surface area (Å²) in [7, 11) is -1.84. The van der Waals surface area contributed by atoms with Gasteiger partial charge < -0.3 is 9.30 Å². The lowest BCUT2D eigenvalue weighted by molar-refractivity contribution is -0.143. The quantitative estimate of drug-likeness (QED) is 0.606. The zero-order valence-electron chi connectivity index (χ0n) is 13.0. The van der Waals surface area contributed by atoms with Gasteiger partial charge in [-0.3, -0.25) is 4.79 Å². The molecule has 3 nitrogen and oxygen atoms in total. The molecule has 0 saturated carbocycles. The number of esters is 1. The summed E-state index contributed by atoms with van der Waals surface area (Å²) in [5.41, 5.74) is 0.161. The first kappa shape index (κ1) is 15.6. The summed E-state index contributed by atoms with van der Waals surface area (Å²) in [6, 6.07) is 14.5. The van der Waals surface area contributed by atoms with Gasteiger partial charge in [0.15, 0.2) is 0 Å². The Balaban J connectivity index is 2.33. The molecule has 1 aromatic heterocycles. The summed E-state index contributed by atoms with van der Waals surface area (Å²) in [6.07, 6.45) is 4.51. The molecule has 112 valence electrons. The summed E-state index contributed by atoms with van der Waals surface area (Å²) in [5.74, 6) is -0.118. The molecule has 1 aromatic carbocycles. The van der Waals surface area contributed by atoms with Crippen molar-refractivity contribution in [1.82, 2.24) is 4.57 Å². The second-order valence-corrected chi connectivity index (χ2v) is 10.4. The van der Waals surface area contributed by atoms with Crippen LogP contribution in [0.15, 0.2) is 54.9 Å². The molecule has 1 heterocycles. The van der Waals surface area contributed by atoms with Crippen LogP contribution in [0.5, 0.6) is 0 Å². The molecule has 0 fully saturated rings. The molecule has 21 heavy (non-hydrogen) atoms. The maximum atomic E-state index is 12.0. The lowest BCUT2D eigenvalue weighted by atomic mass is 10.4. The van der Waals surface area contributed by atoms with Crippen LogP contribution in [0.4, 0.5) is 0 Å². The van der Waals surface area contributed by atoms with Crippen molar-refractivity contribution in [2.75, 3.05) is 6.61 Å². The van der Waals surface area contributed by atoms with Crippen LogP contribution in [0, 0.1) is 0 Å². The van der Waals surface area contributed by atoms with E-state index < -0.39 is 8.07 Å². The molecule has 0 bridgehead atoms. The third kappa shape index (κ3) is 3.64. The van der Waals surface area contributed by atoms with E-state index in [2.05, 4.69) is 41.9 Å². The Morgan fingerprint density at radius 1 is 1.14 bits per heavy atom. The van der Waals surface area contributed by atoms with E-state index in [9.17, 15) is 4.79 Å². The van der Waals surface area contributed by atoms with Gasteiger partial charge >= 0.3 is 5.97 Å². The summed E-state index contributed by atoms with van der Waals surface area (Å²) in [6.45, 7) is 6.91. The van der Waals surface area contributed by atoms with Crippen molar-refractivity contribution in [2.24, 2.45) is 0 Å². The standard InChI is InChI=1S/C17H23NO2Si/c1-4-20-17(19)14-16(18-12-8-9-13-18)21(2,3)15-10-6-5-7-11-15/h5-13,16H,4,14H2,1-3H3. The smallest absolute Gasteiger partial charge is 0.307 e. The highest BCUT2D eigenvalue weighted by Crippen LogP contribution is 2.25. The zero-order valence-corrected chi connectivity index (χ0v) is 14.0. The summed E-state index contributed by atoms with van der Waals surface area (Å²) in [5, 5.41) is 1.35. The van der Waals surface area contributed by atoms with E-state index in [0.29, 0.717) is 13.0 Å². The highest BCUT2D eigenvalue weighted by atomic mass is 28.3. The Labute approximate surface area is 127 Å². The third-order valence-corrected chi connectivity index (χ3v) is 7.99. The van der Waals surface area contributed by atoms with E-state index in [1.165, 1.54) is 5.19 Å².